The Hall–Kier alpha value is -0.900. The first-order valence-corrected chi connectivity index (χ1v) is 10.5. The number of halogens is 2. The van der Waals surface area contributed by atoms with Crippen LogP contribution in [0.1, 0.15) is 47.2 Å². The molecule has 2 heterocycles. The van der Waals surface area contributed by atoms with Crippen molar-refractivity contribution in [1.82, 2.24) is 0 Å². The molecule has 0 N–H and O–H groups in total. The zero-order valence-electron chi connectivity index (χ0n) is 14.5. The summed E-state index contributed by atoms with van der Waals surface area (Å²) in [5.41, 5.74) is 7.93. The quantitative estimate of drug-likeness (QED) is 0.431. The molecular weight excluding hydrogens is 440 g/mol. The van der Waals surface area contributed by atoms with E-state index in [4.69, 9.17) is 4.74 Å². The van der Waals surface area contributed by atoms with Gasteiger partial charge in [-0.25, -0.2) is 0 Å². The first-order chi connectivity index (χ1) is 11.9. The first kappa shape index (κ1) is 16.3. The Labute approximate surface area is 165 Å². The summed E-state index contributed by atoms with van der Waals surface area (Å²) in [5, 5.41) is 0. The van der Waals surface area contributed by atoms with Crippen molar-refractivity contribution in [3.63, 3.8) is 0 Å². The summed E-state index contributed by atoms with van der Waals surface area (Å²) in [4.78, 5) is 0. The molecule has 4 aliphatic carbocycles. The van der Waals surface area contributed by atoms with Gasteiger partial charge in [0, 0.05) is 8.95 Å². The molecule has 0 unspecified atom stereocenters. The van der Waals surface area contributed by atoms with Gasteiger partial charge in [0.1, 0.15) is 11.2 Å². The molecule has 0 saturated carbocycles. The van der Waals surface area contributed by atoms with Crippen molar-refractivity contribution < 1.29 is 4.74 Å². The minimum absolute atomic E-state index is 0.264. The number of hydrogen-bond donors (Lipinski definition) is 0. The van der Waals surface area contributed by atoms with E-state index in [0.717, 1.165) is 25.7 Å². The fourth-order valence-corrected chi connectivity index (χ4v) is 6.06. The monoisotopic (exact) mass is 458 g/mol. The third kappa shape index (κ3) is 2.22. The van der Waals surface area contributed by atoms with Crippen LogP contribution in [-0.4, -0.2) is 0 Å². The maximum absolute atomic E-state index is 6.52. The van der Waals surface area contributed by atoms with Crippen LogP contribution in [0.5, 0.6) is 0 Å². The summed E-state index contributed by atoms with van der Waals surface area (Å²) in [6, 6.07) is 9.25. The minimum Gasteiger partial charge on any atom is -0.351 e. The van der Waals surface area contributed by atoms with Crippen molar-refractivity contribution in [2.45, 2.75) is 50.7 Å². The molecule has 6 aliphatic rings. The number of rotatable bonds is 0. The molecule has 6 bridgehead atoms. The molecule has 128 valence electrons. The number of fused-ring (bicyclic) bond motifs is 2. The van der Waals surface area contributed by atoms with E-state index >= 15 is 0 Å². The highest BCUT2D eigenvalue weighted by Gasteiger charge is 2.52. The Bertz CT molecular complexity index is 872. The van der Waals surface area contributed by atoms with Crippen molar-refractivity contribution in [3.05, 3.63) is 78.7 Å². The fraction of sp³-hybridized carbons (Fsp3) is 0.364. The predicted octanol–water partition coefficient (Wildman–Crippen LogP) is 6.13. The van der Waals surface area contributed by atoms with Crippen LogP contribution in [0.25, 0.3) is 0 Å². The van der Waals surface area contributed by atoms with Crippen LogP contribution in [0, 0.1) is 0 Å². The molecule has 0 amide bonds. The second kappa shape index (κ2) is 5.31. The zero-order valence-corrected chi connectivity index (χ0v) is 17.6. The summed E-state index contributed by atoms with van der Waals surface area (Å²) < 4.78 is 8.95. The van der Waals surface area contributed by atoms with E-state index in [2.05, 4.69) is 82.1 Å². The highest BCUT2D eigenvalue weighted by Crippen LogP contribution is 2.56. The van der Waals surface area contributed by atoms with E-state index in [1.807, 2.05) is 0 Å². The van der Waals surface area contributed by atoms with Crippen LogP contribution in [0.4, 0.5) is 0 Å². The number of ether oxygens (including phenoxy) is 1. The van der Waals surface area contributed by atoms with Crippen molar-refractivity contribution in [1.29, 1.82) is 0 Å². The van der Waals surface area contributed by atoms with Crippen LogP contribution in [0.15, 0.2) is 45.4 Å². The molecule has 1 nitrogen and oxygen atoms in total. The lowest BCUT2D eigenvalue weighted by Crippen LogP contribution is -2.19. The molecular formula is C22H20Br2O. The average molecular weight is 460 g/mol. The van der Waals surface area contributed by atoms with Gasteiger partial charge in [-0.05, 0) is 117 Å². The third-order valence-electron chi connectivity index (χ3n) is 6.08. The highest BCUT2D eigenvalue weighted by atomic mass is 79.9. The summed E-state index contributed by atoms with van der Waals surface area (Å²) in [5.74, 6) is 0. The van der Waals surface area contributed by atoms with Gasteiger partial charge in [-0.15, -0.1) is 0 Å². The Balaban J connectivity index is 1.72. The summed E-state index contributed by atoms with van der Waals surface area (Å²) in [6.07, 6.45) is 8.65. The summed E-state index contributed by atoms with van der Waals surface area (Å²) in [6.45, 7) is 4.44. The van der Waals surface area contributed by atoms with Crippen LogP contribution < -0.4 is 0 Å². The topological polar surface area (TPSA) is 9.23 Å². The Morgan fingerprint density at radius 3 is 1.48 bits per heavy atom. The fourth-order valence-electron chi connectivity index (χ4n) is 4.89. The van der Waals surface area contributed by atoms with Crippen molar-refractivity contribution in [2.75, 3.05) is 0 Å². The number of hydrogen-bond acceptors (Lipinski definition) is 1. The van der Waals surface area contributed by atoms with Gasteiger partial charge in [0.05, 0.1) is 0 Å². The van der Waals surface area contributed by atoms with Gasteiger partial charge in [-0.3, -0.25) is 0 Å². The van der Waals surface area contributed by atoms with Gasteiger partial charge >= 0.3 is 0 Å². The molecule has 0 radical (unpaired) electrons. The van der Waals surface area contributed by atoms with E-state index < -0.39 is 0 Å². The van der Waals surface area contributed by atoms with Gasteiger partial charge in [0.25, 0.3) is 0 Å². The second-order valence-electron chi connectivity index (χ2n) is 7.80. The molecule has 0 saturated heterocycles. The maximum atomic E-state index is 6.52. The van der Waals surface area contributed by atoms with Crippen molar-refractivity contribution in [2.24, 2.45) is 0 Å². The summed E-state index contributed by atoms with van der Waals surface area (Å²) in [7, 11) is 0. The van der Waals surface area contributed by atoms with Crippen LogP contribution in [-0.2, 0) is 41.6 Å². The zero-order chi connectivity index (χ0) is 17.4. The van der Waals surface area contributed by atoms with Crippen molar-refractivity contribution in [3.8, 4) is 0 Å². The molecule has 2 aromatic carbocycles. The molecule has 2 aliphatic heterocycles. The smallest absolute Gasteiger partial charge is 0.111 e. The third-order valence-corrected chi connectivity index (χ3v) is 8.43. The lowest BCUT2D eigenvalue weighted by atomic mass is 9.76. The predicted molar refractivity (Wildman–Crippen MR) is 108 cm³/mol. The van der Waals surface area contributed by atoms with Gasteiger partial charge in [-0.2, -0.15) is 0 Å². The molecule has 0 fully saturated rings. The minimum atomic E-state index is -0.264. The van der Waals surface area contributed by atoms with E-state index in [1.165, 1.54) is 42.3 Å². The SMILES string of the molecule is C[C@]12C=C[C@](C)(O1)c1c3ccc(c12)CCc1ccc(c(Br)c1Br)CC3. The molecule has 2 aromatic rings. The summed E-state index contributed by atoms with van der Waals surface area (Å²) >= 11 is 7.61. The largest absolute Gasteiger partial charge is 0.351 e. The maximum Gasteiger partial charge on any atom is 0.111 e. The van der Waals surface area contributed by atoms with Crippen molar-refractivity contribution >= 4 is 31.9 Å². The van der Waals surface area contributed by atoms with E-state index in [0.29, 0.717) is 0 Å². The Morgan fingerprint density at radius 1 is 0.680 bits per heavy atom. The lowest BCUT2D eigenvalue weighted by Gasteiger charge is -2.25. The molecule has 0 spiro atoms. The van der Waals surface area contributed by atoms with Gasteiger partial charge in [0.2, 0.25) is 0 Å². The van der Waals surface area contributed by atoms with Crippen LogP contribution in [0.3, 0.4) is 0 Å². The molecule has 2 atom stereocenters. The van der Waals surface area contributed by atoms with Crippen LogP contribution in [0.2, 0.25) is 0 Å². The molecule has 25 heavy (non-hydrogen) atoms. The standard InChI is InChI=1S/C22H20Br2O/c1-21-11-12-22(2,25-21)18-14-4-3-13(17(18)21)5-7-15-9-10-16(8-6-14)20(24)19(15)23/h3-4,9-12H,5-8H2,1-2H3/t21-,22+. The first-order valence-electron chi connectivity index (χ1n) is 8.93. The lowest BCUT2D eigenvalue weighted by molar-refractivity contribution is -0.0499. The Kier molecular flexibility index (Phi) is 3.46. The van der Waals surface area contributed by atoms with E-state index in [1.54, 1.807) is 0 Å². The van der Waals surface area contributed by atoms with E-state index in [9.17, 15) is 0 Å². The second-order valence-corrected chi connectivity index (χ2v) is 9.38. The Morgan fingerprint density at radius 2 is 1.04 bits per heavy atom. The highest BCUT2D eigenvalue weighted by molar-refractivity contribution is 9.13. The molecule has 3 heteroatoms. The van der Waals surface area contributed by atoms with Crippen LogP contribution >= 0.6 is 31.9 Å². The average Bonchev–Trinajstić information content (AvgIpc) is 3.01. The normalized spacial score (nSPS) is 29.0. The van der Waals surface area contributed by atoms with Gasteiger partial charge in [0.15, 0.2) is 0 Å². The van der Waals surface area contributed by atoms with Gasteiger partial charge in [-0.1, -0.05) is 24.3 Å². The number of aryl methyl sites for hydroxylation is 4. The molecule has 8 rings (SSSR count). The number of benzene rings is 2. The molecule has 0 aromatic heterocycles. The van der Waals surface area contributed by atoms with E-state index in [-0.39, 0.29) is 11.2 Å². The van der Waals surface area contributed by atoms with Gasteiger partial charge < -0.3 is 4.74 Å².